The van der Waals surface area contributed by atoms with Crippen molar-refractivity contribution in [2.24, 2.45) is 5.92 Å². The summed E-state index contributed by atoms with van der Waals surface area (Å²) in [6.07, 6.45) is 5.23. The maximum atomic E-state index is 12.4. The molecule has 1 unspecified atom stereocenters. The van der Waals surface area contributed by atoms with E-state index in [4.69, 9.17) is 23.7 Å². The minimum atomic E-state index is -0.808. The monoisotopic (exact) mass is 386 g/mol. The zero-order valence-corrected chi connectivity index (χ0v) is 16.9. The minimum Gasteiger partial charge on any atom is -0.493 e. The van der Waals surface area contributed by atoms with Crippen molar-refractivity contribution in [3.05, 3.63) is 53.8 Å². The summed E-state index contributed by atoms with van der Waals surface area (Å²) in [4.78, 5) is 12.4. The van der Waals surface area contributed by atoms with Crippen molar-refractivity contribution in [2.75, 3.05) is 28.4 Å². The van der Waals surface area contributed by atoms with Gasteiger partial charge >= 0.3 is 0 Å². The lowest BCUT2D eigenvalue weighted by molar-refractivity contribution is -0.112. The van der Waals surface area contributed by atoms with E-state index < -0.39 is 5.60 Å². The Morgan fingerprint density at radius 2 is 1.79 bits per heavy atom. The van der Waals surface area contributed by atoms with E-state index in [-0.39, 0.29) is 17.8 Å². The van der Waals surface area contributed by atoms with Crippen LogP contribution in [0.25, 0.3) is 0 Å². The molecule has 0 radical (unpaired) electrons. The average Bonchev–Trinajstić information content (AvgIpc) is 2.99. The highest BCUT2D eigenvalue weighted by Gasteiger charge is 2.54. The summed E-state index contributed by atoms with van der Waals surface area (Å²) in [5.41, 5.74) is 0.693. The molecule has 1 saturated heterocycles. The smallest absolute Gasteiger partial charge is 0.203 e. The average molecular weight is 386 g/mol. The molecule has 0 bridgehead atoms. The molecule has 1 heterocycles. The second kappa shape index (κ2) is 7.72. The third-order valence-corrected chi connectivity index (χ3v) is 5.45. The molecule has 1 aliphatic carbocycles. The molecule has 0 N–H and O–H groups in total. The third-order valence-electron chi connectivity index (χ3n) is 5.45. The molecule has 1 aromatic carbocycles. The zero-order valence-electron chi connectivity index (χ0n) is 16.9. The Bertz CT molecular complexity index is 828. The number of hydrogen-bond acceptors (Lipinski definition) is 6. The molecule has 0 spiro atoms. The Morgan fingerprint density at radius 3 is 2.29 bits per heavy atom. The van der Waals surface area contributed by atoms with Gasteiger partial charge < -0.3 is 23.7 Å². The van der Waals surface area contributed by atoms with E-state index >= 15 is 0 Å². The number of hydrogen-bond donors (Lipinski definition) is 0. The summed E-state index contributed by atoms with van der Waals surface area (Å²) in [6, 6.07) is 3.72. The van der Waals surface area contributed by atoms with E-state index in [1.165, 1.54) is 6.08 Å². The maximum absolute atomic E-state index is 12.4. The number of benzene rings is 1. The van der Waals surface area contributed by atoms with Gasteiger partial charge in [0, 0.05) is 30.2 Å². The van der Waals surface area contributed by atoms with E-state index in [1.807, 2.05) is 25.1 Å². The molecule has 3 atom stereocenters. The lowest BCUT2D eigenvalue weighted by Gasteiger charge is -2.31. The van der Waals surface area contributed by atoms with Crippen LogP contribution in [0.2, 0.25) is 0 Å². The standard InChI is InChI=1S/C22H26O6/c1-7-8-14-12-22(27-6)13(2)20(28-19(22)11-16(14)23)15-9-17(24-3)21(26-5)18(10-15)25-4/h7,9-13,20H,1,8H2,2-6H3/t13-,20+,22?/m1/s1. The van der Waals surface area contributed by atoms with Crippen LogP contribution in [-0.4, -0.2) is 39.8 Å². The van der Waals surface area contributed by atoms with Crippen LogP contribution in [0.3, 0.4) is 0 Å². The Labute approximate surface area is 165 Å². The number of carbonyl (C=O) groups is 1. The van der Waals surface area contributed by atoms with E-state index in [9.17, 15) is 4.79 Å². The van der Waals surface area contributed by atoms with Gasteiger partial charge in [-0.05, 0) is 24.6 Å². The molecule has 150 valence electrons. The second-order valence-corrected chi connectivity index (χ2v) is 6.82. The molecule has 3 rings (SSSR count). The molecule has 6 nitrogen and oxygen atoms in total. The lowest BCUT2D eigenvalue weighted by Crippen LogP contribution is -2.38. The van der Waals surface area contributed by atoms with Crippen LogP contribution in [-0.2, 0) is 14.3 Å². The summed E-state index contributed by atoms with van der Waals surface area (Å²) in [5, 5.41) is 0. The number of ketones is 1. The van der Waals surface area contributed by atoms with Crippen LogP contribution >= 0.6 is 0 Å². The summed E-state index contributed by atoms with van der Waals surface area (Å²) in [5.74, 6) is 1.93. The van der Waals surface area contributed by atoms with Gasteiger partial charge in [-0.25, -0.2) is 0 Å². The van der Waals surface area contributed by atoms with Crippen molar-refractivity contribution in [3.63, 3.8) is 0 Å². The Hall–Kier alpha value is -2.73. The van der Waals surface area contributed by atoms with Gasteiger partial charge in [-0.1, -0.05) is 13.0 Å². The second-order valence-electron chi connectivity index (χ2n) is 6.82. The number of carbonyl (C=O) groups excluding carboxylic acids is 1. The predicted octanol–water partition coefficient (Wildman–Crippen LogP) is 3.77. The minimum absolute atomic E-state index is 0.0830. The number of methoxy groups -OCH3 is 4. The van der Waals surface area contributed by atoms with Gasteiger partial charge in [-0.2, -0.15) is 0 Å². The highest BCUT2D eigenvalue weighted by atomic mass is 16.6. The van der Waals surface area contributed by atoms with Gasteiger partial charge in [-0.3, -0.25) is 4.79 Å². The molecule has 1 aromatic rings. The first kappa shape index (κ1) is 20.0. The molecular formula is C22H26O6. The maximum Gasteiger partial charge on any atom is 0.203 e. The molecule has 0 aromatic heterocycles. The summed E-state index contributed by atoms with van der Waals surface area (Å²) in [7, 11) is 6.33. The number of fused-ring (bicyclic) bond motifs is 1. The highest BCUT2D eigenvalue weighted by Crippen LogP contribution is 2.53. The highest BCUT2D eigenvalue weighted by molar-refractivity contribution is 6.06. The first-order valence-corrected chi connectivity index (χ1v) is 9.06. The Balaban J connectivity index is 2.08. The van der Waals surface area contributed by atoms with Crippen LogP contribution in [0.5, 0.6) is 17.2 Å². The van der Waals surface area contributed by atoms with Gasteiger partial charge in [0.05, 0.1) is 21.3 Å². The van der Waals surface area contributed by atoms with Crippen LogP contribution in [0.15, 0.2) is 48.3 Å². The van der Waals surface area contributed by atoms with Crippen molar-refractivity contribution in [1.29, 1.82) is 0 Å². The molecule has 0 saturated carbocycles. The number of allylic oxidation sites excluding steroid dienone is 3. The summed E-state index contributed by atoms with van der Waals surface area (Å²) in [6.45, 7) is 5.77. The normalized spacial score (nSPS) is 26.0. The number of ether oxygens (including phenoxy) is 5. The van der Waals surface area contributed by atoms with Crippen molar-refractivity contribution < 1.29 is 28.5 Å². The van der Waals surface area contributed by atoms with Gasteiger partial charge in [0.2, 0.25) is 5.75 Å². The molecule has 2 aliphatic rings. The predicted molar refractivity (Wildman–Crippen MR) is 105 cm³/mol. The molecule has 0 amide bonds. The topological polar surface area (TPSA) is 63.2 Å². The lowest BCUT2D eigenvalue weighted by atomic mass is 9.78. The van der Waals surface area contributed by atoms with E-state index in [1.54, 1.807) is 34.5 Å². The van der Waals surface area contributed by atoms with E-state index in [2.05, 4.69) is 6.58 Å². The summed E-state index contributed by atoms with van der Waals surface area (Å²) < 4.78 is 28.5. The van der Waals surface area contributed by atoms with Crippen LogP contribution in [0, 0.1) is 5.92 Å². The summed E-state index contributed by atoms with van der Waals surface area (Å²) >= 11 is 0. The van der Waals surface area contributed by atoms with Gasteiger partial charge in [0.25, 0.3) is 0 Å². The fourth-order valence-electron chi connectivity index (χ4n) is 3.95. The van der Waals surface area contributed by atoms with E-state index in [0.717, 1.165) is 5.56 Å². The van der Waals surface area contributed by atoms with E-state index in [0.29, 0.717) is 35.0 Å². The SMILES string of the molecule is C=CCC1=CC2(OC)C(=CC1=O)O[C@H](c1cc(OC)c(OC)c(OC)c1)[C@H]2C. The first-order valence-electron chi connectivity index (χ1n) is 9.06. The number of rotatable bonds is 7. The van der Waals surface area contributed by atoms with Crippen molar-refractivity contribution in [3.8, 4) is 17.2 Å². The first-order chi connectivity index (χ1) is 13.4. The zero-order chi connectivity index (χ0) is 20.5. The third kappa shape index (κ3) is 2.98. The van der Waals surface area contributed by atoms with Gasteiger partial charge in [0.1, 0.15) is 17.5 Å². The molecular weight excluding hydrogens is 360 g/mol. The van der Waals surface area contributed by atoms with Crippen LogP contribution < -0.4 is 14.2 Å². The van der Waals surface area contributed by atoms with Crippen molar-refractivity contribution in [2.45, 2.75) is 25.0 Å². The van der Waals surface area contributed by atoms with Gasteiger partial charge in [-0.15, -0.1) is 6.58 Å². The largest absolute Gasteiger partial charge is 0.493 e. The van der Waals surface area contributed by atoms with Crippen LogP contribution in [0.1, 0.15) is 25.0 Å². The van der Waals surface area contributed by atoms with Crippen molar-refractivity contribution in [1.82, 2.24) is 0 Å². The fraction of sp³-hybridized carbons (Fsp3) is 0.409. The Kier molecular flexibility index (Phi) is 5.52. The van der Waals surface area contributed by atoms with Crippen molar-refractivity contribution >= 4 is 5.78 Å². The molecule has 1 aliphatic heterocycles. The van der Waals surface area contributed by atoms with Crippen LogP contribution in [0.4, 0.5) is 0 Å². The molecule has 6 heteroatoms. The molecule has 1 fully saturated rings. The Morgan fingerprint density at radius 1 is 1.14 bits per heavy atom. The van der Waals surface area contributed by atoms with Gasteiger partial charge in [0.15, 0.2) is 17.3 Å². The quantitative estimate of drug-likeness (QED) is 0.665. The fourth-order valence-corrected chi connectivity index (χ4v) is 3.95. The molecule has 28 heavy (non-hydrogen) atoms.